The summed E-state index contributed by atoms with van der Waals surface area (Å²) >= 11 is 5.66. The fraction of sp³-hybridized carbons (Fsp3) is 0.818. The molecule has 6 heteroatoms. The average molecular weight is 263 g/mol. The van der Waals surface area contributed by atoms with Gasteiger partial charge in [0.15, 0.2) is 0 Å². The third-order valence-electron chi connectivity index (χ3n) is 2.92. The quantitative estimate of drug-likeness (QED) is 0.536. The van der Waals surface area contributed by atoms with Gasteiger partial charge in [0.05, 0.1) is 13.7 Å². The van der Waals surface area contributed by atoms with Crippen molar-refractivity contribution in [3.8, 4) is 0 Å². The lowest BCUT2D eigenvalue weighted by Gasteiger charge is -2.35. The lowest BCUT2D eigenvalue weighted by atomic mass is 10.1. The molecule has 0 aromatic rings. The van der Waals surface area contributed by atoms with Crippen LogP contribution in [0.2, 0.25) is 0 Å². The van der Waals surface area contributed by atoms with Crippen molar-refractivity contribution >= 4 is 23.5 Å². The first-order valence-corrected chi connectivity index (χ1v) is 6.25. The zero-order chi connectivity index (χ0) is 12.8. The number of carbonyl (C=O) groups is 2. The Labute approximate surface area is 107 Å². The zero-order valence-electron chi connectivity index (χ0n) is 10.3. The van der Waals surface area contributed by atoms with Crippen LogP contribution < -0.4 is 0 Å². The smallest absolute Gasteiger partial charge is 0.319 e. The van der Waals surface area contributed by atoms with Crippen molar-refractivity contribution in [2.45, 2.75) is 6.92 Å². The van der Waals surface area contributed by atoms with Crippen LogP contribution in [-0.4, -0.2) is 67.4 Å². The standard InChI is InChI=1S/C11H19ClN2O3/c1-9(7-12)11(16)14-5-3-13(4-6-14)8-10(15)17-2/h9H,3-8H2,1-2H3. The van der Waals surface area contributed by atoms with Crippen LogP contribution in [-0.2, 0) is 14.3 Å². The van der Waals surface area contributed by atoms with E-state index in [1.54, 1.807) is 4.90 Å². The molecule has 5 nitrogen and oxygen atoms in total. The van der Waals surface area contributed by atoms with Gasteiger partial charge >= 0.3 is 5.97 Å². The normalized spacial score (nSPS) is 18.9. The van der Waals surface area contributed by atoms with E-state index >= 15 is 0 Å². The maximum absolute atomic E-state index is 11.8. The lowest BCUT2D eigenvalue weighted by Crippen LogP contribution is -2.51. The van der Waals surface area contributed by atoms with E-state index in [0.717, 1.165) is 0 Å². The highest BCUT2D eigenvalue weighted by Gasteiger charge is 2.25. The second-order valence-corrected chi connectivity index (χ2v) is 4.54. The van der Waals surface area contributed by atoms with Crippen molar-refractivity contribution in [1.29, 1.82) is 0 Å². The predicted octanol–water partition coefficient (Wildman–Crippen LogP) is 0.179. The van der Waals surface area contributed by atoms with Gasteiger partial charge in [-0.05, 0) is 0 Å². The number of esters is 1. The number of hydrogen-bond donors (Lipinski definition) is 0. The second-order valence-electron chi connectivity index (χ2n) is 4.23. The number of amides is 1. The largest absolute Gasteiger partial charge is 0.468 e. The summed E-state index contributed by atoms with van der Waals surface area (Å²) in [6.07, 6.45) is 0. The molecular weight excluding hydrogens is 244 g/mol. The molecule has 1 unspecified atom stereocenters. The van der Waals surface area contributed by atoms with Crippen molar-refractivity contribution in [2.75, 3.05) is 45.7 Å². The molecule has 0 aliphatic carbocycles. The van der Waals surface area contributed by atoms with Crippen LogP contribution in [0.15, 0.2) is 0 Å². The van der Waals surface area contributed by atoms with Gasteiger partial charge in [0.2, 0.25) is 5.91 Å². The van der Waals surface area contributed by atoms with Crippen LogP contribution in [0.5, 0.6) is 0 Å². The Morgan fingerprint density at radius 3 is 2.35 bits per heavy atom. The first-order valence-electron chi connectivity index (χ1n) is 5.72. The molecule has 1 atom stereocenters. The Bertz CT molecular complexity index is 278. The molecule has 0 bridgehead atoms. The maximum atomic E-state index is 11.8. The number of nitrogens with zero attached hydrogens (tertiary/aromatic N) is 2. The van der Waals surface area contributed by atoms with Gasteiger partial charge in [0.25, 0.3) is 0 Å². The molecule has 1 saturated heterocycles. The SMILES string of the molecule is COC(=O)CN1CCN(C(=O)C(C)CCl)CC1. The average Bonchev–Trinajstić information content (AvgIpc) is 2.37. The van der Waals surface area contributed by atoms with E-state index in [4.69, 9.17) is 11.6 Å². The molecule has 0 aromatic carbocycles. The first-order chi connectivity index (χ1) is 8.08. The second kappa shape index (κ2) is 6.81. The van der Waals surface area contributed by atoms with Crippen molar-refractivity contribution in [2.24, 2.45) is 5.92 Å². The summed E-state index contributed by atoms with van der Waals surface area (Å²) in [7, 11) is 1.38. The molecule has 0 aromatic heterocycles. The minimum Gasteiger partial charge on any atom is -0.468 e. The van der Waals surface area contributed by atoms with E-state index in [2.05, 4.69) is 4.74 Å². The summed E-state index contributed by atoms with van der Waals surface area (Å²) < 4.78 is 4.60. The van der Waals surface area contributed by atoms with Gasteiger partial charge in [-0.2, -0.15) is 0 Å². The Kier molecular flexibility index (Phi) is 5.71. The molecule has 0 spiro atoms. The van der Waals surface area contributed by atoms with Gasteiger partial charge in [0.1, 0.15) is 0 Å². The van der Waals surface area contributed by atoms with Gasteiger partial charge < -0.3 is 9.64 Å². The molecular formula is C11H19ClN2O3. The zero-order valence-corrected chi connectivity index (χ0v) is 11.1. The molecule has 1 fully saturated rings. The Morgan fingerprint density at radius 2 is 1.88 bits per heavy atom. The fourth-order valence-electron chi connectivity index (χ4n) is 1.75. The summed E-state index contributed by atoms with van der Waals surface area (Å²) in [6, 6.07) is 0. The highest BCUT2D eigenvalue weighted by Crippen LogP contribution is 2.08. The van der Waals surface area contributed by atoms with Crippen molar-refractivity contribution in [3.05, 3.63) is 0 Å². The van der Waals surface area contributed by atoms with Gasteiger partial charge in [-0.15, -0.1) is 11.6 Å². The minimum absolute atomic E-state index is 0.0951. The summed E-state index contributed by atoms with van der Waals surface area (Å²) in [5.41, 5.74) is 0. The van der Waals surface area contributed by atoms with E-state index < -0.39 is 0 Å². The molecule has 1 rings (SSSR count). The Balaban J connectivity index is 2.35. The van der Waals surface area contributed by atoms with Crippen molar-refractivity contribution in [1.82, 2.24) is 9.80 Å². The van der Waals surface area contributed by atoms with Crippen LogP contribution in [0.3, 0.4) is 0 Å². The summed E-state index contributed by atoms with van der Waals surface area (Å²) in [6.45, 7) is 4.83. The molecule has 0 N–H and O–H groups in total. The lowest BCUT2D eigenvalue weighted by molar-refractivity contribution is -0.143. The summed E-state index contributed by atoms with van der Waals surface area (Å²) in [5, 5.41) is 0. The molecule has 1 aliphatic heterocycles. The first kappa shape index (κ1) is 14.3. The van der Waals surface area contributed by atoms with Crippen LogP contribution in [0.25, 0.3) is 0 Å². The highest BCUT2D eigenvalue weighted by molar-refractivity contribution is 6.19. The Hall–Kier alpha value is -0.810. The molecule has 0 saturated carbocycles. The summed E-state index contributed by atoms with van der Waals surface area (Å²) in [4.78, 5) is 26.7. The number of hydrogen-bond acceptors (Lipinski definition) is 4. The van der Waals surface area contributed by atoms with E-state index in [0.29, 0.717) is 38.6 Å². The van der Waals surface area contributed by atoms with Crippen LogP contribution in [0.1, 0.15) is 6.92 Å². The summed E-state index contributed by atoms with van der Waals surface area (Å²) in [5.74, 6) is 0.0711. The number of halogens is 1. The van der Waals surface area contributed by atoms with Gasteiger partial charge in [-0.25, -0.2) is 0 Å². The maximum Gasteiger partial charge on any atom is 0.319 e. The van der Waals surface area contributed by atoms with Crippen molar-refractivity contribution < 1.29 is 14.3 Å². The van der Waals surface area contributed by atoms with E-state index in [9.17, 15) is 9.59 Å². The third-order valence-corrected chi connectivity index (χ3v) is 3.38. The van der Waals surface area contributed by atoms with E-state index in [-0.39, 0.29) is 17.8 Å². The monoisotopic (exact) mass is 262 g/mol. The molecule has 0 radical (unpaired) electrons. The molecule has 1 amide bonds. The van der Waals surface area contributed by atoms with E-state index in [1.165, 1.54) is 7.11 Å². The molecule has 1 heterocycles. The number of carbonyl (C=O) groups excluding carboxylic acids is 2. The number of rotatable bonds is 4. The van der Waals surface area contributed by atoms with Crippen LogP contribution in [0, 0.1) is 5.92 Å². The molecule has 98 valence electrons. The number of alkyl halides is 1. The molecule has 17 heavy (non-hydrogen) atoms. The Morgan fingerprint density at radius 1 is 1.29 bits per heavy atom. The molecule has 1 aliphatic rings. The van der Waals surface area contributed by atoms with Gasteiger partial charge in [-0.1, -0.05) is 6.92 Å². The number of ether oxygens (including phenoxy) is 1. The van der Waals surface area contributed by atoms with Crippen LogP contribution in [0.4, 0.5) is 0 Å². The minimum atomic E-state index is -0.237. The van der Waals surface area contributed by atoms with Crippen molar-refractivity contribution in [3.63, 3.8) is 0 Å². The van der Waals surface area contributed by atoms with Gasteiger partial charge in [-0.3, -0.25) is 14.5 Å². The van der Waals surface area contributed by atoms with Gasteiger partial charge in [0, 0.05) is 38.0 Å². The number of methoxy groups -OCH3 is 1. The van der Waals surface area contributed by atoms with Crippen LogP contribution >= 0.6 is 11.6 Å². The third kappa shape index (κ3) is 4.16. The predicted molar refractivity (Wildman–Crippen MR) is 64.9 cm³/mol. The topological polar surface area (TPSA) is 49.9 Å². The fourth-order valence-corrected chi connectivity index (χ4v) is 1.88. The van der Waals surface area contributed by atoms with E-state index in [1.807, 2.05) is 11.8 Å². The number of piperazine rings is 1. The highest BCUT2D eigenvalue weighted by atomic mass is 35.5.